The van der Waals surface area contributed by atoms with Crippen molar-refractivity contribution in [3.05, 3.63) is 52.7 Å². The van der Waals surface area contributed by atoms with Gasteiger partial charge in [0.15, 0.2) is 5.43 Å². The van der Waals surface area contributed by atoms with Gasteiger partial charge in [-0.2, -0.15) is 0 Å². The molecule has 0 atom stereocenters. The van der Waals surface area contributed by atoms with Gasteiger partial charge in [0.1, 0.15) is 0 Å². The molecule has 0 bridgehead atoms. The Kier molecular flexibility index (Phi) is 2.67. The first kappa shape index (κ1) is 11.4. The number of benzene rings is 2. The zero-order valence-corrected chi connectivity index (χ0v) is 10.1. The highest BCUT2D eigenvalue weighted by Crippen LogP contribution is 2.23. The Morgan fingerprint density at radius 2 is 1.67 bits per heavy atom. The second-order valence-electron chi connectivity index (χ2n) is 4.02. The van der Waals surface area contributed by atoms with Gasteiger partial charge in [0.05, 0.1) is 0 Å². The van der Waals surface area contributed by atoms with Gasteiger partial charge in [0, 0.05) is 20.2 Å². The average molecular weight is 256 g/mol. The van der Waals surface area contributed by atoms with E-state index in [-0.39, 0.29) is 10.9 Å². The quantitative estimate of drug-likeness (QED) is 0.506. The fourth-order valence-corrected chi connectivity index (χ4v) is 3.20. The first-order valence-electron chi connectivity index (χ1n) is 5.49. The molecule has 0 fully saturated rings. The normalized spacial score (nSPS) is 11.0. The van der Waals surface area contributed by atoms with E-state index < -0.39 is 7.12 Å². The zero-order chi connectivity index (χ0) is 12.7. The van der Waals surface area contributed by atoms with E-state index in [0.717, 1.165) is 9.40 Å². The standard InChI is InChI=1S/C13H9BO3S/c15-13-8-4-1-2-6-10(8)18-11-7-3-5-9(12(11)13)14(16)17/h1-7,16-17H. The minimum Gasteiger partial charge on any atom is -0.423 e. The van der Waals surface area contributed by atoms with Gasteiger partial charge in [0.25, 0.3) is 0 Å². The van der Waals surface area contributed by atoms with Gasteiger partial charge in [-0.15, -0.1) is 11.3 Å². The number of rotatable bonds is 1. The minimum atomic E-state index is -1.63. The fraction of sp³-hybridized carbons (Fsp3) is 0. The number of fused-ring (bicyclic) bond motifs is 2. The van der Waals surface area contributed by atoms with Crippen molar-refractivity contribution < 1.29 is 10.0 Å². The van der Waals surface area contributed by atoms with Gasteiger partial charge in [0.2, 0.25) is 0 Å². The maximum Gasteiger partial charge on any atom is 0.489 e. The molecule has 5 heteroatoms. The molecular weight excluding hydrogens is 247 g/mol. The summed E-state index contributed by atoms with van der Waals surface area (Å²) in [6, 6.07) is 12.4. The van der Waals surface area contributed by atoms with Crippen molar-refractivity contribution in [1.82, 2.24) is 0 Å². The van der Waals surface area contributed by atoms with Crippen LogP contribution in [0.25, 0.3) is 20.2 Å². The van der Waals surface area contributed by atoms with Crippen LogP contribution in [0.1, 0.15) is 0 Å². The van der Waals surface area contributed by atoms with E-state index in [4.69, 9.17) is 0 Å². The lowest BCUT2D eigenvalue weighted by molar-refractivity contribution is 0.426. The molecule has 0 spiro atoms. The van der Waals surface area contributed by atoms with Crippen LogP contribution < -0.4 is 10.9 Å². The second-order valence-corrected chi connectivity index (χ2v) is 5.11. The molecule has 0 unspecified atom stereocenters. The van der Waals surface area contributed by atoms with Gasteiger partial charge >= 0.3 is 7.12 Å². The lowest BCUT2D eigenvalue weighted by Crippen LogP contribution is -2.32. The number of hydrogen-bond donors (Lipinski definition) is 2. The molecule has 3 aromatic rings. The largest absolute Gasteiger partial charge is 0.489 e. The molecule has 0 radical (unpaired) electrons. The van der Waals surface area contributed by atoms with E-state index in [1.165, 1.54) is 11.3 Å². The Balaban J connectivity index is 2.57. The van der Waals surface area contributed by atoms with Crippen molar-refractivity contribution in [2.75, 3.05) is 0 Å². The summed E-state index contributed by atoms with van der Waals surface area (Å²) in [6.07, 6.45) is 0. The van der Waals surface area contributed by atoms with Crippen molar-refractivity contribution in [2.45, 2.75) is 0 Å². The molecule has 0 aliphatic rings. The molecule has 0 saturated heterocycles. The van der Waals surface area contributed by atoms with Crippen LogP contribution >= 0.6 is 11.3 Å². The van der Waals surface area contributed by atoms with E-state index in [2.05, 4.69) is 0 Å². The molecule has 3 nitrogen and oxygen atoms in total. The fourth-order valence-electron chi connectivity index (χ4n) is 2.09. The van der Waals surface area contributed by atoms with Crippen molar-refractivity contribution in [3.63, 3.8) is 0 Å². The van der Waals surface area contributed by atoms with Crippen molar-refractivity contribution in [3.8, 4) is 0 Å². The Hall–Kier alpha value is -1.69. The molecule has 1 aromatic heterocycles. The van der Waals surface area contributed by atoms with Crippen LogP contribution in [0.4, 0.5) is 0 Å². The SMILES string of the molecule is O=c1c2ccccc2sc2cccc(B(O)O)c12. The molecule has 0 aliphatic heterocycles. The lowest BCUT2D eigenvalue weighted by Gasteiger charge is -2.05. The molecule has 0 amide bonds. The maximum atomic E-state index is 12.4. The highest BCUT2D eigenvalue weighted by atomic mass is 32.1. The van der Waals surface area contributed by atoms with Gasteiger partial charge in [-0.3, -0.25) is 4.79 Å². The van der Waals surface area contributed by atoms with Crippen molar-refractivity contribution in [2.24, 2.45) is 0 Å². The topological polar surface area (TPSA) is 57.5 Å². The first-order chi connectivity index (χ1) is 8.68. The lowest BCUT2D eigenvalue weighted by atomic mass is 9.78. The van der Waals surface area contributed by atoms with Crippen LogP contribution in [0, 0.1) is 0 Å². The van der Waals surface area contributed by atoms with Gasteiger partial charge in [-0.05, 0) is 23.7 Å². The van der Waals surface area contributed by atoms with Crippen LogP contribution in [0.3, 0.4) is 0 Å². The summed E-state index contributed by atoms with van der Waals surface area (Å²) in [6.45, 7) is 0. The van der Waals surface area contributed by atoms with Crippen LogP contribution in [0.5, 0.6) is 0 Å². The highest BCUT2D eigenvalue weighted by Gasteiger charge is 2.17. The maximum absolute atomic E-state index is 12.4. The minimum absolute atomic E-state index is 0.150. The average Bonchev–Trinajstić information content (AvgIpc) is 2.38. The molecule has 18 heavy (non-hydrogen) atoms. The van der Waals surface area contributed by atoms with Crippen LogP contribution in [0.2, 0.25) is 0 Å². The van der Waals surface area contributed by atoms with Crippen LogP contribution in [0.15, 0.2) is 47.3 Å². The monoisotopic (exact) mass is 256 g/mol. The van der Waals surface area contributed by atoms with E-state index in [9.17, 15) is 14.8 Å². The third kappa shape index (κ3) is 1.64. The summed E-state index contributed by atoms with van der Waals surface area (Å²) in [7, 11) is -1.63. The molecule has 2 aromatic carbocycles. The number of hydrogen-bond acceptors (Lipinski definition) is 4. The predicted octanol–water partition coefficient (Wildman–Crippen LogP) is 1.09. The molecule has 2 N–H and O–H groups in total. The van der Waals surface area contributed by atoms with Crippen molar-refractivity contribution in [1.29, 1.82) is 0 Å². The summed E-state index contributed by atoms with van der Waals surface area (Å²) in [4.78, 5) is 12.4. The molecule has 1 heterocycles. The van der Waals surface area contributed by atoms with Crippen molar-refractivity contribution >= 4 is 44.1 Å². The molecule has 0 aliphatic carbocycles. The molecule has 88 valence electrons. The van der Waals surface area contributed by atoms with Gasteiger partial charge in [-0.25, -0.2) is 0 Å². The summed E-state index contributed by atoms with van der Waals surface area (Å²) in [5.74, 6) is 0. The smallest absolute Gasteiger partial charge is 0.423 e. The Morgan fingerprint density at radius 1 is 0.944 bits per heavy atom. The zero-order valence-electron chi connectivity index (χ0n) is 9.33. The third-order valence-corrected chi connectivity index (χ3v) is 4.05. The first-order valence-corrected chi connectivity index (χ1v) is 6.31. The molecule has 0 saturated carbocycles. The van der Waals surface area contributed by atoms with E-state index in [1.54, 1.807) is 24.3 Å². The Morgan fingerprint density at radius 3 is 2.44 bits per heavy atom. The Labute approximate surface area is 107 Å². The molecule has 3 rings (SSSR count). The highest BCUT2D eigenvalue weighted by molar-refractivity contribution is 7.24. The Bertz CT molecular complexity index is 795. The second kappa shape index (κ2) is 4.21. The van der Waals surface area contributed by atoms with Crippen LogP contribution in [-0.2, 0) is 0 Å². The van der Waals surface area contributed by atoms with Gasteiger partial charge < -0.3 is 10.0 Å². The summed E-state index contributed by atoms with van der Waals surface area (Å²) in [5, 5.41) is 19.7. The summed E-state index contributed by atoms with van der Waals surface area (Å²) in [5.41, 5.74) is 0.113. The van der Waals surface area contributed by atoms with E-state index >= 15 is 0 Å². The van der Waals surface area contributed by atoms with E-state index in [1.807, 2.05) is 18.2 Å². The van der Waals surface area contributed by atoms with E-state index in [0.29, 0.717) is 10.8 Å². The third-order valence-electron chi connectivity index (χ3n) is 2.92. The molecular formula is C13H9BO3S. The van der Waals surface area contributed by atoms with Crippen LogP contribution in [-0.4, -0.2) is 17.2 Å². The predicted molar refractivity (Wildman–Crippen MR) is 75.4 cm³/mol. The summed E-state index contributed by atoms with van der Waals surface area (Å²) < 4.78 is 1.67. The van der Waals surface area contributed by atoms with Gasteiger partial charge in [-0.1, -0.05) is 24.3 Å². The summed E-state index contributed by atoms with van der Waals surface area (Å²) >= 11 is 1.47.